The van der Waals surface area contributed by atoms with E-state index in [0.29, 0.717) is 5.56 Å². The molecule has 0 atom stereocenters. The van der Waals surface area contributed by atoms with Gasteiger partial charge in [-0.05, 0) is 30.7 Å². The summed E-state index contributed by atoms with van der Waals surface area (Å²) in [6.45, 7) is -1.36. The highest BCUT2D eigenvalue weighted by molar-refractivity contribution is 5.92. The molecule has 0 fully saturated rings. The molecule has 0 aliphatic rings. The Morgan fingerprint density at radius 2 is 1.95 bits per heavy atom. The Hall–Kier alpha value is -2.32. The molecule has 0 aliphatic carbocycles. The largest absolute Gasteiger partial charge is 0.480 e. The summed E-state index contributed by atoms with van der Waals surface area (Å²) in [4.78, 5) is 22.3. The summed E-state index contributed by atoms with van der Waals surface area (Å²) in [6.07, 6.45) is -4.73. The lowest BCUT2D eigenvalue weighted by molar-refractivity contribution is -0.148. The van der Waals surface area contributed by atoms with Crippen LogP contribution in [0.5, 0.6) is 0 Å². The summed E-state index contributed by atoms with van der Waals surface area (Å²) >= 11 is 0. The standard InChI is InChI=1S/C12H12F4N2O3/c1-7-4-8(13)2-3-9(7)17-11(21)18(5-10(19)20)6-12(14,15)16/h2-4H,5-6H2,1H3,(H,17,21)(H,19,20). The van der Waals surface area contributed by atoms with E-state index in [9.17, 15) is 27.2 Å². The van der Waals surface area contributed by atoms with E-state index in [1.165, 1.54) is 13.0 Å². The predicted molar refractivity (Wildman–Crippen MR) is 65.4 cm³/mol. The maximum absolute atomic E-state index is 12.9. The van der Waals surface area contributed by atoms with E-state index in [4.69, 9.17) is 5.11 Å². The van der Waals surface area contributed by atoms with Crippen LogP contribution >= 0.6 is 0 Å². The topological polar surface area (TPSA) is 69.6 Å². The van der Waals surface area contributed by atoms with Gasteiger partial charge < -0.3 is 15.3 Å². The van der Waals surface area contributed by atoms with Crippen molar-refractivity contribution in [2.75, 3.05) is 18.4 Å². The van der Waals surface area contributed by atoms with Crippen LogP contribution in [0.4, 0.5) is 28.0 Å². The first-order chi connectivity index (χ1) is 9.58. The smallest absolute Gasteiger partial charge is 0.406 e. The number of aliphatic carboxylic acids is 1. The highest BCUT2D eigenvalue weighted by Crippen LogP contribution is 2.19. The normalized spacial score (nSPS) is 11.1. The lowest BCUT2D eigenvalue weighted by Crippen LogP contribution is -2.44. The highest BCUT2D eigenvalue weighted by atomic mass is 19.4. The SMILES string of the molecule is Cc1cc(F)ccc1NC(=O)N(CC(=O)O)CC(F)(F)F. The van der Waals surface area contributed by atoms with Gasteiger partial charge in [0.15, 0.2) is 0 Å². The fourth-order valence-electron chi connectivity index (χ4n) is 1.54. The number of rotatable bonds is 4. The third kappa shape index (κ3) is 5.67. The lowest BCUT2D eigenvalue weighted by Gasteiger charge is -2.22. The molecule has 9 heteroatoms. The van der Waals surface area contributed by atoms with E-state index < -0.39 is 37.1 Å². The number of hydrogen-bond donors (Lipinski definition) is 2. The predicted octanol–water partition coefficient (Wildman–Crippen LogP) is 2.61. The van der Waals surface area contributed by atoms with E-state index >= 15 is 0 Å². The second-order valence-electron chi connectivity index (χ2n) is 4.25. The van der Waals surface area contributed by atoms with Gasteiger partial charge in [-0.25, -0.2) is 9.18 Å². The minimum absolute atomic E-state index is 0.0963. The van der Waals surface area contributed by atoms with Gasteiger partial charge in [0.05, 0.1) is 0 Å². The number of amides is 2. The molecule has 0 bridgehead atoms. The maximum atomic E-state index is 12.9. The number of carbonyl (C=O) groups excluding carboxylic acids is 1. The van der Waals surface area contributed by atoms with Gasteiger partial charge in [-0.1, -0.05) is 0 Å². The number of benzene rings is 1. The molecule has 0 unspecified atom stereocenters. The average Bonchev–Trinajstić information content (AvgIpc) is 2.29. The van der Waals surface area contributed by atoms with Gasteiger partial charge in [-0.3, -0.25) is 4.79 Å². The van der Waals surface area contributed by atoms with Crippen LogP contribution in [0.25, 0.3) is 0 Å². The van der Waals surface area contributed by atoms with Crippen molar-refractivity contribution >= 4 is 17.7 Å². The molecule has 2 amide bonds. The fraction of sp³-hybridized carbons (Fsp3) is 0.333. The van der Waals surface area contributed by atoms with Crippen LogP contribution in [0, 0.1) is 12.7 Å². The van der Waals surface area contributed by atoms with Crippen molar-refractivity contribution in [2.45, 2.75) is 13.1 Å². The Bertz CT molecular complexity index is 546. The van der Waals surface area contributed by atoms with Crippen LogP contribution in [0.1, 0.15) is 5.56 Å². The maximum Gasteiger partial charge on any atom is 0.406 e. The number of urea groups is 1. The van der Waals surface area contributed by atoms with Crippen LogP contribution in [0.2, 0.25) is 0 Å². The number of nitrogens with zero attached hydrogens (tertiary/aromatic N) is 1. The molecule has 1 rings (SSSR count). The number of halogens is 4. The second kappa shape index (κ2) is 6.42. The Balaban J connectivity index is 2.87. The molecule has 2 N–H and O–H groups in total. The van der Waals surface area contributed by atoms with Crippen molar-refractivity contribution in [3.8, 4) is 0 Å². The number of alkyl halides is 3. The second-order valence-corrected chi connectivity index (χ2v) is 4.25. The van der Waals surface area contributed by atoms with Crippen LogP contribution in [-0.4, -0.2) is 41.3 Å². The summed E-state index contributed by atoms with van der Waals surface area (Å²) in [5, 5.41) is 10.7. The van der Waals surface area contributed by atoms with Gasteiger partial charge in [-0.15, -0.1) is 0 Å². The Kier molecular flexibility index (Phi) is 5.12. The molecule has 1 aromatic carbocycles. The first kappa shape index (κ1) is 16.7. The van der Waals surface area contributed by atoms with Crippen molar-refractivity contribution in [1.82, 2.24) is 4.90 Å². The monoisotopic (exact) mass is 308 g/mol. The third-order valence-corrected chi connectivity index (χ3v) is 2.41. The lowest BCUT2D eigenvalue weighted by atomic mass is 10.2. The molecular formula is C12H12F4N2O3. The summed E-state index contributed by atoms with van der Waals surface area (Å²) in [5.74, 6) is -2.14. The van der Waals surface area contributed by atoms with E-state index in [1.807, 2.05) is 0 Å². The highest BCUT2D eigenvalue weighted by Gasteiger charge is 2.34. The van der Waals surface area contributed by atoms with Crippen molar-refractivity contribution in [3.63, 3.8) is 0 Å². The number of carboxylic acids is 1. The molecule has 0 heterocycles. The molecule has 0 spiro atoms. The number of carbonyl (C=O) groups is 2. The van der Waals surface area contributed by atoms with Crippen molar-refractivity contribution in [2.24, 2.45) is 0 Å². The molecule has 0 saturated carbocycles. The van der Waals surface area contributed by atoms with Gasteiger partial charge in [0.2, 0.25) is 0 Å². The number of carboxylic acid groups (broad SMARTS) is 1. The average molecular weight is 308 g/mol. The Morgan fingerprint density at radius 3 is 2.43 bits per heavy atom. The van der Waals surface area contributed by atoms with Crippen molar-refractivity contribution < 1.29 is 32.3 Å². The minimum atomic E-state index is -4.73. The summed E-state index contributed by atoms with van der Waals surface area (Å²) < 4.78 is 49.9. The van der Waals surface area contributed by atoms with Gasteiger partial charge in [-0.2, -0.15) is 13.2 Å². The third-order valence-electron chi connectivity index (χ3n) is 2.41. The quantitative estimate of drug-likeness (QED) is 0.840. The number of aryl methyl sites for hydroxylation is 1. The van der Waals surface area contributed by atoms with Crippen LogP contribution in [-0.2, 0) is 4.79 Å². The van der Waals surface area contributed by atoms with Crippen LogP contribution in [0.3, 0.4) is 0 Å². The molecule has 0 radical (unpaired) electrons. The fourth-order valence-corrected chi connectivity index (χ4v) is 1.54. The zero-order chi connectivity index (χ0) is 16.2. The molecule has 5 nitrogen and oxygen atoms in total. The van der Waals surface area contributed by atoms with E-state index in [-0.39, 0.29) is 10.6 Å². The van der Waals surface area contributed by atoms with Crippen LogP contribution < -0.4 is 5.32 Å². The molecule has 0 aromatic heterocycles. The zero-order valence-electron chi connectivity index (χ0n) is 10.9. The van der Waals surface area contributed by atoms with Crippen molar-refractivity contribution in [1.29, 1.82) is 0 Å². The van der Waals surface area contributed by atoms with Crippen molar-refractivity contribution in [3.05, 3.63) is 29.6 Å². The van der Waals surface area contributed by atoms with Gasteiger partial charge >= 0.3 is 18.2 Å². The van der Waals surface area contributed by atoms with E-state index in [0.717, 1.165) is 12.1 Å². The van der Waals surface area contributed by atoms with Gasteiger partial charge in [0, 0.05) is 5.69 Å². The Labute approximate surface area is 117 Å². The summed E-state index contributed by atoms with van der Waals surface area (Å²) in [6, 6.07) is 2.05. The van der Waals surface area contributed by atoms with E-state index in [1.54, 1.807) is 0 Å². The van der Waals surface area contributed by atoms with Gasteiger partial charge in [0.1, 0.15) is 18.9 Å². The number of anilines is 1. The molecule has 1 aromatic rings. The van der Waals surface area contributed by atoms with Crippen LogP contribution in [0.15, 0.2) is 18.2 Å². The minimum Gasteiger partial charge on any atom is -0.480 e. The molecule has 0 saturated heterocycles. The first-order valence-electron chi connectivity index (χ1n) is 5.69. The number of nitrogens with one attached hydrogen (secondary N) is 1. The molecule has 0 aliphatic heterocycles. The van der Waals surface area contributed by atoms with Gasteiger partial charge in [0.25, 0.3) is 0 Å². The van der Waals surface area contributed by atoms with E-state index in [2.05, 4.69) is 5.32 Å². The summed E-state index contributed by atoms with van der Waals surface area (Å²) in [7, 11) is 0. The molecule has 116 valence electrons. The first-order valence-corrected chi connectivity index (χ1v) is 5.69. The Morgan fingerprint density at radius 1 is 1.33 bits per heavy atom. The molecule has 21 heavy (non-hydrogen) atoms. The molecular weight excluding hydrogens is 296 g/mol. The zero-order valence-corrected chi connectivity index (χ0v) is 10.9. The number of hydrogen-bond acceptors (Lipinski definition) is 2. The summed E-state index contributed by atoms with van der Waals surface area (Å²) in [5.41, 5.74) is 0.393.